The Hall–Kier alpha value is -2.54. The first-order chi connectivity index (χ1) is 15.7. The number of aryl methyl sites for hydroxylation is 1. The molecule has 1 aliphatic heterocycles. The number of aromatic nitrogens is 2. The molecule has 1 saturated carbocycles. The highest BCUT2D eigenvalue weighted by Crippen LogP contribution is 2.29. The zero-order valence-electron chi connectivity index (χ0n) is 19.5. The highest BCUT2D eigenvalue weighted by molar-refractivity contribution is 5.75. The van der Waals surface area contributed by atoms with Crippen molar-refractivity contribution in [2.75, 3.05) is 39.8 Å². The molecule has 7 heteroatoms. The molecule has 2 amide bonds. The fourth-order valence-electron chi connectivity index (χ4n) is 5.15. The fourth-order valence-corrected chi connectivity index (χ4v) is 5.15. The molecular weight excluding hydrogens is 402 g/mol. The Morgan fingerprint density at radius 1 is 1.12 bits per heavy atom. The highest BCUT2D eigenvalue weighted by atomic mass is 16.5. The Balaban J connectivity index is 1.43. The van der Waals surface area contributed by atoms with Crippen LogP contribution in [0.2, 0.25) is 0 Å². The van der Waals surface area contributed by atoms with Crippen LogP contribution in [0.15, 0.2) is 36.7 Å². The van der Waals surface area contributed by atoms with Crippen LogP contribution in [0.4, 0.5) is 4.79 Å². The maximum atomic E-state index is 13.4. The Bertz CT molecular complexity index is 877. The smallest absolute Gasteiger partial charge is 0.318 e. The summed E-state index contributed by atoms with van der Waals surface area (Å²) in [6, 6.07) is 7.41. The number of hydrogen-bond acceptors (Lipinski definition) is 4. The lowest BCUT2D eigenvalue weighted by atomic mass is 9.89. The van der Waals surface area contributed by atoms with E-state index in [1.54, 1.807) is 13.3 Å². The third-order valence-corrected chi connectivity index (χ3v) is 6.95. The zero-order chi connectivity index (χ0) is 22.3. The fraction of sp³-hybridized carbons (Fsp3) is 0.600. The summed E-state index contributed by atoms with van der Waals surface area (Å²) in [7, 11) is 3.61. The number of nitrogens with one attached hydrogen (secondary N) is 1. The molecule has 7 nitrogen and oxygen atoms in total. The van der Waals surface area contributed by atoms with Gasteiger partial charge >= 0.3 is 6.03 Å². The van der Waals surface area contributed by atoms with E-state index in [9.17, 15) is 4.79 Å². The van der Waals surface area contributed by atoms with Gasteiger partial charge in [0.25, 0.3) is 0 Å². The first-order valence-corrected chi connectivity index (χ1v) is 12.0. The number of nitrogens with zero attached hydrogens (tertiary/aromatic N) is 4. The largest absolute Gasteiger partial charge is 0.496 e. The van der Waals surface area contributed by atoms with Crippen LogP contribution in [0.1, 0.15) is 56.0 Å². The lowest BCUT2D eigenvalue weighted by Gasteiger charge is -2.29. The van der Waals surface area contributed by atoms with Crippen LogP contribution in [0.25, 0.3) is 0 Å². The summed E-state index contributed by atoms with van der Waals surface area (Å²) < 4.78 is 7.54. The average molecular weight is 440 g/mol. The van der Waals surface area contributed by atoms with Gasteiger partial charge < -0.3 is 24.4 Å². The Morgan fingerprint density at radius 3 is 2.69 bits per heavy atom. The molecule has 2 aromatic rings. The minimum atomic E-state index is -0.375. The van der Waals surface area contributed by atoms with Gasteiger partial charge in [-0.2, -0.15) is 0 Å². The summed E-state index contributed by atoms with van der Waals surface area (Å²) in [6.07, 6.45) is 11.6. The number of para-hydroxylation sites is 1. The van der Waals surface area contributed by atoms with E-state index in [4.69, 9.17) is 4.74 Å². The molecule has 0 bridgehead atoms. The molecule has 1 unspecified atom stereocenters. The number of carbonyl (C=O) groups is 1. The van der Waals surface area contributed by atoms with Crippen LogP contribution in [0, 0.1) is 5.92 Å². The minimum absolute atomic E-state index is 0.0385. The molecule has 2 aliphatic rings. The first-order valence-electron chi connectivity index (χ1n) is 12.0. The third kappa shape index (κ3) is 5.44. The van der Waals surface area contributed by atoms with Crippen LogP contribution >= 0.6 is 0 Å². The summed E-state index contributed by atoms with van der Waals surface area (Å²) in [6.45, 7) is 4.76. The number of urea groups is 1. The van der Waals surface area contributed by atoms with Gasteiger partial charge in [-0.25, -0.2) is 9.78 Å². The average Bonchev–Trinajstić information content (AvgIpc) is 3.10. The van der Waals surface area contributed by atoms with Crippen molar-refractivity contribution in [2.45, 2.75) is 44.6 Å². The number of imidazole rings is 1. The third-order valence-electron chi connectivity index (χ3n) is 6.95. The predicted molar refractivity (Wildman–Crippen MR) is 126 cm³/mol. The van der Waals surface area contributed by atoms with Crippen molar-refractivity contribution >= 4 is 6.03 Å². The second kappa shape index (κ2) is 10.9. The number of methoxy groups -OCH3 is 1. The van der Waals surface area contributed by atoms with Crippen molar-refractivity contribution in [2.24, 2.45) is 13.0 Å². The monoisotopic (exact) mass is 439 g/mol. The lowest BCUT2D eigenvalue weighted by molar-refractivity contribution is 0.188. The van der Waals surface area contributed by atoms with Crippen molar-refractivity contribution in [3.8, 4) is 5.75 Å². The highest BCUT2D eigenvalue weighted by Gasteiger charge is 2.27. The van der Waals surface area contributed by atoms with Gasteiger partial charge in [-0.15, -0.1) is 0 Å². The van der Waals surface area contributed by atoms with E-state index in [-0.39, 0.29) is 12.1 Å². The SMILES string of the molecule is COc1ccccc1C(NC(=O)N1CCCN(CC2CCCCC2)CC1)c1nccn1C. The number of hydrogen-bond donors (Lipinski definition) is 1. The molecule has 1 N–H and O–H groups in total. The van der Waals surface area contributed by atoms with Gasteiger partial charge in [-0.05, 0) is 37.8 Å². The molecule has 1 atom stereocenters. The van der Waals surface area contributed by atoms with E-state index in [0.29, 0.717) is 0 Å². The lowest BCUT2D eigenvalue weighted by Crippen LogP contribution is -2.44. The minimum Gasteiger partial charge on any atom is -0.496 e. The summed E-state index contributed by atoms with van der Waals surface area (Å²) >= 11 is 0. The molecule has 32 heavy (non-hydrogen) atoms. The number of ether oxygens (including phenoxy) is 1. The van der Waals surface area contributed by atoms with E-state index in [1.807, 2.05) is 47.0 Å². The van der Waals surface area contributed by atoms with E-state index < -0.39 is 0 Å². The molecular formula is C25H37N5O2. The van der Waals surface area contributed by atoms with Crippen LogP contribution in [-0.4, -0.2) is 65.2 Å². The van der Waals surface area contributed by atoms with Crippen molar-refractivity contribution in [3.05, 3.63) is 48.0 Å². The zero-order valence-corrected chi connectivity index (χ0v) is 19.5. The molecule has 0 radical (unpaired) electrons. The van der Waals surface area contributed by atoms with Gasteiger partial charge in [0.05, 0.1) is 7.11 Å². The Labute approximate surface area is 191 Å². The first kappa shape index (κ1) is 22.6. The van der Waals surface area contributed by atoms with Crippen molar-refractivity contribution < 1.29 is 9.53 Å². The summed E-state index contributed by atoms with van der Waals surface area (Å²) in [5.74, 6) is 2.37. The molecule has 2 fully saturated rings. The predicted octanol–water partition coefficient (Wildman–Crippen LogP) is 3.82. The summed E-state index contributed by atoms with van der Waals surface area (Å²) in [5.41, 5.74) is 0.909. The summed E-state index contributed by atoms with van der Waals surface area (Å²) in [5, 5.41) is 3.25. The van der Waals surface area contributed by atoms with Crippen LogP contribution in [-0.2, 0) is 7.05 Å². The van der Waals surface area contributed by atoms with Gasteiger partial charge in [0.15, 0.2) is 0 Å². The molecule has 1 aromatic heterocycles. The van der Waals surface area contributed by atoms with Crippen LogP contribution < -0.4 is 10.1 Å². The summed E-state index contributed by atoms with van der Waals surface area (Å²) in [4.78, 5) is 22.4. The van der Waals surface area contributed by atoms with Crippen LogP contribution in [0.5, 0.6) is 5.75 Å². The quantitative estimate of drug-likeness (QED) is 0.743. The normalized spacial score (nSPS) is 19.4. The van der Waals surface area contributed by atoms with Crippen molar-refractivity contribution in [1.29, 1.82) is 0 Å². The van der Waals surface area contributed by atoms with E-state index in [0.717, 1.165) is 55.7 Å². The number of rotatable bonds is 6. The Kier molecular flexibility index (Phi) is 7.68. The van der Waals surface area contributed by atoms with E-state index >= 15 is 0 Å². The van der Waals surface area contributed by atoms with Gasteiger partial charge in [-0.1, -0.05) is 37.5 Å². The molecule has 1 aliphatic carbocycles. The second-order valence-corrected chi connectivity index (χ2v) is 9.17. The Morgan fingerprint density at radius 2 is 1.94 bits per heavy atom. The van der Waals surface area contributed by atoms with E-state index in [2.05, 4.69) is 15.2 Å². The number of amides is 2. The van der Waals surface area contributed by atoms with Gasteiger partial charge in [0.1, 0.15) is 17.6 Å². The topological polar surface area (TPSA) is 62.6 Å². The van der Waals surface area contributed by atoms with Crippen LogP contribution in [0.3, 0.4) is 0 Å². The molecule has 4 rings (SSSR count). The maximum Gasteiger partial charge on any atom is 0.318 e. The molecule has 174 valence electrons. The van der Waals surface area contributed by atoms with Gasteiger partial charge in [-0.3, -0.25) is 0 Å². The van der Waals surface area contributed by atoms with E-state index in [1.165, 1.54) is 38.6 Å². The molecule has 1 saturated heterocycles. The van der Waals surface area contributed by atoms with Crippen molar-refractivity contribution in [3.63, 3.8) is 0 Å². The van der Waals surface area contributed by atoms with Gasteiger partial charge in [0.2, 0.25) is 0 Å². The molecule has 2 heterocycles. The standard InChI is InChI=1S/C25H37N5O2/c1-28-16-13-26-24(28)23(21-11-6-7-12-22(21)32-2)27-25(31)30-15-8-14-29(17-18-30)19-20-9-4-3-5-10-20/h6-7,11-13,16,20,23H,3-5,8-10,14-15,17-19H2,1-2H3,(H,27,31). The maximum absolute atomic E-state index is 13.4. The molecule has 1 aromatic carbocycles. The van der Waals surface area contributed by atoms with Crippen molar-refractivity contribution in [1.82, 2.24) is 24.7 Å². The number of benzene rings is 1. The van der Waals surface area contributed by atoms with Gasteiger partial charge in [0, 0.05) is 51.2 Å². The number of carbonyl (C=O) groups excluding carboxylic acids is 1. The second-order valence-electron chi connectivity index (χ2n) is 9.17. The molecule has 0 spiro atoms.